The molecule has 1 saturated heterocycles. The van der Waals surface area contributed by atoms with Crippen LogP contribution in [0.25, 0.3) is 0 Å². The summed E-state index contributed by atoms with van der Waals surface area (Å²) in [6.45, 7) is 9.79. The number of β-amino-alcohol motifs (C(OH)–C–C–N with tert-alkyl or cyclic N) is 1. The molecule has 1 fully saturated rings. The van der Waals surface area contributed by atoms with Crippen molar-refractivity contribution in [1.82, 2.24) is 9.78 Å². The van der Waals surface area contributed by atoms with Crippen molar-refractivity contribution < 1.29 is 5.11 Å². The predicted octanol–water partition coefficient (Wildman–Crippen LogP) is 1.56. The Bertz CT molecular complexity index is 427. The SMILES string of the molecule is Cc1nn(C(C)C)c(N2CCC(C)C(O)C2)c1N. The topological polar surface area (TPSA) is 67.3 Å². The lowest BCUT2D eigenvalue weighted by molar-refractivity contribution is 0.102. The van der Waals surface area contributed by atoms with Gasteiger partial charge in [0.25, 0.3) is 0 Å². The van der Waals surface area contributed by atoms with Crippen LogP contribution in [0.1, 0.15) is 38.9 Å². The number of aryl methyl sites for hydroxylation is 1. The summed E-state index contributed by atoms with van der Waals surface area (Å²) < 4.78 is 1.97. The van der Waals surface area contributed by atoms with Gasteiger partial charge in [0.15, 0.2) is 5.82 Å². The van der Waals surface area contributed by atoms with E-state index in [0.29, 0.717) is 12.5 Å². The van der Waals surface area contributed by atoms with Gasteiger partial charge in [-0.1, -0.05) is 6.92 Å². The number of hydrogen-bond donors (Lipinski definition) is 2. The molecule has 2 atom stereocenters. The molecule has 0 amide bonds. The normalized spacial score (nSPS) is 24.9. The molecule has 1 aliphatic rings. The van der Waals surface area contributed by atoms with Gasteiger partial charge in [0.2, 0.25) is 0 Å². The predicted molar refractivity (Wildman–Crippen MR) is 73.8 cm³/mol. The fraction of sp³-hybridized carbons (Fsp3) is 0.769. The Balaban J connectivity index is 2.33. The van der Waals surface area contributed by atoms with Gasteiger partial charge in [-0.25, -0.2) is 4.68 Å². The molecule has 2 heterocycles. The molecule has 102 valence electrons. The highest BCUT2D eigenvalue weighted by Gasteiger charge is 2.28. The van der Waals surface area contributed by atoms with Crippen molar-refractivity contribution >= 4 is 11.5 Å². The average molecular weight is 252 g/mol. The quantitative estimate of drug-likeness (QED) is 0.838. The monoisotopic (exact) mass is 252 g/mol. The lowest BCUT2D eigenvalue weighted by atomic mass is 9.96. The highest BCUT2D eigenvalue weighted by atomic mass is 16.3. The van der Waals surface area contributed by atoms with Crippen LogP contribution in [0.15, 0.2) is 0 Å². The molecular formula is C13H24N4O. The maximum atomic E-state index is 10.0. The molecule has 18 heavy (non-hydrogen) atoms. The van der Waals surface area contributed by atoms with Crippen LogP contribution < -0.4 is 10.6 Å². The molecule has 2 rings (SSSR count). The van der Waals surface area contributed by atoms with Gasteiger partial charge < -0.3 is 15.7 Å². The van der Waals surface area contributed by atoms with Crippen molar-refractivity contribution in [2.75, 3.05) is 23.7 Å². The van der Waals surface area contributed by atoms with E-state index < -0.39 is 0 Å². The lowest BCUT2D eigenvalue weighted by Gasteiger charge is -2.36. The zero-order chi connectivity index (χ0) is 13.4. The van der Waals surface area contributed by atoms with Gasteiger partial charge in [-0.2, -0.15) is 5.10 Å². The summed E-state index contributed by atoms with van der Waals surface area (Å²) in [6, 6.07) is 0.271. The first-order chi connectivity index (χ1) is 8.41. The molecule has 5 nitrogen and oxygen atoms in total. The number of nitrogen functional groups attached to an aromatic ring is 1. The summed E-state index contributed by atoms with van der Waals surface area (Å²) in [5, 5.41) is 14.5. The Morgan fingerprint density at radius 2 is 2.11 bits per heavy atom. The molecule has 0 aliphatic carbocycles. The van der Waals surface area contributed by atoms with Crippen LogP contribution in [0.4, 0.5) is 11.5 Å². The smallest absolute Gasteiger partial charge is 0.151 e. The molecule has 1 aromatic rings. The van der Waals surface area contributed by atoms with Gasteiger partial charge >= 0.3 is 0 Å². The van der Waals surface area contributed by atoms with Crippen molar-refractivity contribution in [2.24, 2.45) is 5.92 Å². The molecule has 3 N–H and O–H groups in total. The summed E-state index contributed by atoms with van der Waals surface area (Å²) >= 11 is 0. The maximum absolute atomic E-state index is 10.0. The van der Waals surface area contributed by atoms with Crippen molar-refractivity contribution in [3.63, 3.8) is 0 Å². The van der Waals surface area contributed by atoms with E-state index >= 15 is 0 Å². The van der Waals surface area contributed by atoms with Crippen LogP contribution in [0.2, 0.25) is 0 Å². The summed E-state index contributed by atoms with van der Waals surface area (Å²) in [6.07, 6.45) is 0.706. The number of piperidine rings is 1. The Kier molecular flexibility index (Phi) is 3.52. The van der Waals surface area contributed by atoms with E-state index in [4.69, 9.17) is 5.73 Å². The molecule has 0 aromatic carbocycles. The molecule has 2 unspecified atom stereocenters. The number of nitrogens with two attached hydrogens (primary N) is 1. The third-order valence-corrected chi connectivity index (χ3v) is 3.81. The summed E-state index contributed by atoms with van der Waals surface area (Å²) in [5.74, 6) is 1.33. The minimum Gasteiger partial charge on any atom is -0.394 e. The third kappa shape index (κ3) is 2.19. The number of aromatic nitrogens is 2. The zero-order valence-corrected chi connectivity index (χ0v) is 11.7. The average Bonchev–Trinajstić information content (AvgIpc) is 2.60. The molecule has 0 spiro atoms. The Morgan fingerprint density at radius 3 is 2.67 bits per heavy atom. The van der Waals surface area contributed by atoms with Crippen LogP contribution >= 0.6 is 0 Å². The number of aliphatic hydroxyl groups is 1. The lowest BCUT2D eigenvalue weighted by Crippen LogP contribution is -2.44. The third-order valence-electron chi connectivity index (χ3n) is 3.81. The van der Waals surface area contributed by atoms with E-state index in [1.807, 2.05) is 11.6 Å². The van der Waals surface area contributed by atoms with E-state index in [0.717, 1.165) is 30.2 Å². The molecule has 0 radical (unpaired) electrons. The molecule has 1 aliphatic heterocycles. The minimum absolute atomic E-state index is 0.271. The Hall–Kier alpha value is -1.23. The molecular weight excluding hydrogens is 228 g/mol. The Labute approximate surface area is 109 Å². The first-order valence-electron chi connectivity index (χ1n) is 6.69. The van der Waals surface area contributed by atoms with Crippen LogP contribution in [0, 0.1) is 12.8 Å². The van der Waals surface area contributed by atoms with E-state index in [1.54, 1.807) is 0 Å². The van der Waals surface area contributed by atoms with Gasteiger partial charge in [0.05, 0.1) is 17.5 Å². The fourth-order valence-electron chi connectivity index (χ4n) is 2.46. The fourth-order valence-corrected chi connectivity index (χ4v) is 2.46. The maximum Gasteiger partial charge on any atom is 0.151 e. The van der Waals surface area contributed by atoms with E-state index in [2.05, 4.69) is 30.8 Å². The standard InChI is InChI=1S/C13H24N4O/c1-8(2)17-13(12(14)10(4)15-17)16-6-5-9(3)11(18)7-16/h8-9,11,18H,5-7,14H2,1-4H3. The molecule has 0 bridgehead atoms. The summed E-state index contributed by atoms with van der Waals surface area (Å²) in [7, 11) is 0. The zero-order valence-electron chi connectivity index (χ0n) is 11.7. The van der Waals surface area contributed by atoms with Gasteiger partial charge in [0.1, 0.15) is 0 Å². The summed E-state index contributed by atoms with van der Waals surface area (Å²) in [5.41, 5.74) is 7.75. The van der Waals surface area contributed by atoms with Crippen LogP contribution in [0.3, 0.4) is 0 Å². The van der Waals surface area contributed by atoms with Crippen molar-refractivity contribution in [2.45, 2.75) is 46.3 Å². The molecule has 1 aromatic heterocycles. The number of rotatable bonds is 2. The number of nitrogens with zero attached hydrogens (tertiary/aromatic N) is 3. The number of anilines is 2. The first-order valence-corrected chi connectivity index (χ1v) is 6.69. The van der Waals surface area contributed by atoms with Gasteiger partial charge in [-0.05, 0) is 33.1 Å². The van der Waals surface area contributed by atoms with Crippen molar-refractivity contribution in [1.29, 1.82) is 0 Å². The van der Waals surface area contributed by atoms with Crippen LogP contribution in [-0.4, -0.2) is 34.1 Å². The van der Waals surface area contributed by atoms with Gasteiger partial charge in [-0.15, -0.1) is 0 Å². The van der Waals surface area contributed by atoms with Crippen molar-refractivity contribution in [3.05, 3.63) is 5.69 Å². The van der Waals surface area contributed by atoms with E-state index in [-0.39, 0.29) is 12.1 Å². The largest absolute Gasteiger partial charge is 0.394 e. The van der Waals surface area contributed by atoms with Gasteiger partial charge in [-0.3, -0.25) is 0 Å². The first kappa shape index (κ1) is 13.2. The van der Waals surface area contributed by atoms with Crippen molar-refractivity contribution in [3.8, 4) is 0 Å². The van der Waals surface area contributed by atoms with Crippen LogP contribution in [0.5, 0.6) is 0 Å². The van der Waals surface area contributed by atoms with E-state index in [1.165, 1.54) is 0 Å². The Morgan fingerprint density at radius 1 is 1.44 bits per heavy atom. The number of hydrogen-bond acceptors (Lipinski definition) is 4. The van der Waals surface area contributed by atoms with Gasteiger partial charge in [0, 0.05) is 19.1 Å². The highest BCUT2D eigenvalue weighted by molar-refractivity contribution is 5.66. The molecule has 5 heteroatoms. The summed E-state index contributed by atoms with van der Waals surface area (Å²) in [4.78, 5) is 2.17. The second kappa shape index (κ2) is 4.80. The molecule has 0 saturated carbocycles. The second-order valence-electron chi connectivity index (χ2n) is 5.64. The van der Waals surface area contributed by atoms with E-state index in [9.17, 15) is 5.11 Å². The van der Waals surface area contributed by atoms with Crippen LogP contribution in [-0.2, 0) is 0 Å². The second-order valence-corrected chi connectivity index (χ2v) is 5.64. The number of aliphatic hydroxyl groups excluding tert-OH is 1. The minimum atomic E-state index is -0.283. The highest BCUT2D eigenvalue weighted by Crippen LogP contribution is 2.32.